The molecule has 14 heteroatoms. The second kappa shape index (κ2) is 56.5. The molecule has 0 atom stereocenters. The topological polar surface area (TPSA) is 95.2 Å². The van der Waals surface area contributed by atoms with Crippen molar-refractivity contribution in [3.63, 3.8) is 0 Å². The summed E-state index contributed by atoms with van der Waals surface area (Å²) in [4.78, 5) is 0. The average Bonchev–Trinajstić information content (AvgIpc) is 2.45. The molecule has 0 aliphatic carbocycles. The molecule has 0 spiro atoms. The fourth-order valence-corrected chi connectivity index (χ4v) is 4.81. The van der Waals surface area contributed by atoms with E-state index in [4.69, 9.17) is 47.3 Å². The Balaban J connectivity index is -0.0000000237. The first-order valence-electron chi connectivity index (χ1n) is 5.06. The Hall–Kier alpha value is 0.777. The van der Waals surface area contributed by atoms with Gasteiger partial charge < -0.3 is 47.3 Å². The normalized spacial score (nSPS) is 6.83. The summed E-state index contributed by atoms with van der Waals surface area (Å²) in [6, 6.07) is 0. The molecule has 0 rings (SSSR count). The summed E-state index contributed by atoms with van der Waals surface area (Å²) in [6.07, 6.45) is 0. The quantitative estimate of drug-likeness (QED) is 0.223. The Morgan fingerprint density at radius 2 is 0.667 bits per heavy atom. The first-order valence-corrected chi connectivity index (χ1v) is 13.4. The average molecular weight is 786 g/mol. The van der Waals surface area contributed by atoms with Gasteiger partial charge in [0.2, 0.25) is 11.8 Å². The Labute approximate surface area is 177 Å². The van der Waals surface area contributed by atoms with E-state index in [0.717, 1.165) is 0 Å². The van der Waals surface area contributed by atoms with Crippen molar-refractivity contribution < 1.29 is 58.9 Å². The van der Waals surface area contributed by atoms with E-state index in [0.29, 0.717) is 0 Å². The summed E-state index contributed by atoms with van der Waals surface area (Å²) in [5.41, 5.74) is 0. The van der Waals surface area contributed by atoms with Gasteiger partial charge in [-0.05, 0) is 16.8 Å². The van der Waals surface area contributed by atoms with Gasteiger partial charge in [0, 0.05) is 58.0 Å². The van der Waals surface area contributed by atoms with Crippen LogP contribution in [0.15, 0.2) is 0 Å². The summed E-state index contributed by atoms with van der Waals surface area (Å²) in [5.74, 6) is 0.463. The van der Waals surface area contributed by atoms with Gasteiger partial charge in [-0.25, -0.2) is 0 Å². The molecule has 0 aromatic heterocycles. The summed E-state index contributed by atoms with van der Waals surface area (Å²) in [7, 11) is -7.06. The summed E-state index contributed by atoms with van der Waals surface area (Å²) in [5, 5.41) is 25.0. The van der Waals surface area contributed by atoms with E-state index in [2.05, 4.69) is 0 Å². The van der Waals surface area contributed by atoms with E-state index < -0.39 is 32.9 Å². The van der Waals surface area contributed by atoms with Gasteiger partial charge in [-0.15, -0.1) is 0 Å². The molecule has 4 nitrogen and oxygen atoms in total. The smallest absolute Gasteiger partial charge is 0.411 e. The largest absolute Gasteiger partial charge is 0.512 e. The van der Waals surface area contributed by atoms with Crippen molar-refractivity contribution in [1.82, 2.24) is 0 Å². The standard InChI is InChI=1S/2C3H8F2P2.4CN.2Pt/c2*1-6(2)3-7(4)5;4*1-2;;/h2*3H2,1-2H3;;;;;;/q;;4*-1;;/p+4. The van der Waals surface area contributed by atoms with Crippen LogP contribution in [0.1, 0.15) is 0 Å². The molecule has 0 saturated carbocycles. The van der Waals surface area contributed by atoms with Crippen LogP contribution in [0.25, 0.3) is 0 Å². The molecule has 0 N–H and O–H groups in total. The summed E-state index contributed by atoms with van der Waals surface area (Å²) in [6.45, 7) is 26.6. The van der Waals surface area contributed by atoms with E-state index >= 15 is 0 Å². The van der Waals surface area contributed by atoms with Crippen LogP contribution in [0.4, 0.5) is 16.8 Å². The van der Waals surface area contributed by atoms with Crippen molar-refractivity contribution in [2.75, 3.05) is 38.5 Å². The molecule has 0 saturated heterocycles. The van der Waals surface area contributed by atoms with Crippen LogP contribution in [-0.4, -0.2) is 38.5 Å². The molecular formula is C10H20F4N4P4Pt2. The van der Waals surface area contributed by atoms with Crippen LogP contribution in [-0.2, 0) is 42.1 Å². The maximum atomic E-state index is 11.4. The third kappa shape index (κ3) is 140. The van der Waals surface area contributed by atoms with Gasteiger partial charge >= 0.3 is 17.1 Å². The minimum absolute atomic E-state index is 0. The van der Waals surface area contributed by atoms with Crippen molar-refractivity contribution >= 4 is 32.9 Å². The molecule has 0 aromatic rings. The SMILES string of the molecule is C[PH+](C)C[PH+](F)F.C[PH+](C)C[PH+](F)F.[C-]#N.[C-]#N.[C-]#N.[C-]#N.[Pt].[Pt]. The summed E-state index contributed by atoms with van der Waals surface area (Å²) >= 11 is 0. The fraction of sp³-hybridized carbons (Fsp3) is 0.600. The Morgan fingerprint density at radius 1 is 0.542 bits per heavy atom. The van der Waals surface area contributed by atoms with Gasteiger partial charge in [-0.2, -0.15) is 0 Å². The number of halogens is 4. The monoisotopic (exact) mass is 786 g/mol. The predicted octanol–water partition coefficient (Wildman–Crippen LogP) is 5.18. The van der Waals surface area contributed by atoms with E-state index in [-0.39, 0.29) is 53.9 Å². The van der Waals surface area contributed by atoms with Crippen LogP contribution in [0.5, 0.6) is 0 Å². The Morgan fingerprint density at radius 3 is 0.667 bits per heavy atom. The van der Waals surface area contributed by atoms with Crippen molar-refractivity contribution in [3.05, 3.63) is 26.3 Å². The van der Waals surface area contributed by atoms with Crippen molar-refractivity contribution in [1.29, 1.82) is 21.0 Å². The molecule has 0 aliphatic heterocycles. The zero-order valence-electron chi connectivity index (χ0n) is 13.3. The van der Waals surface area contributed by atoms with Crippen molar-refractivity contribution in [2.45, 2.75) is 0 Å². The molecule has 0 heterocycles. The molecule has 24 heavy (non-hydrogen) atoms. The molecular weight excluding hydrogens is 766 g/mol. The zero-order valence-corrected chi connectivity index (χ0v) is 21.9. The minimum atomic E-state index is -2.89. The van der Waals surface area contributed by atoms with E-state index in [1.807, 2.05) is 26.7 Å². The Bertz CT molecular complexity index is 218. The molecule has 0 amide bonds. The molecule has 148 valence electrons. The third-order valence-electron chi connectivity index (χ3n) is 0.974. The predicted molar refractivity (Wildman–Crippen MR) is 91.0 cm³/mol. The van der Waals surface area contributed by atoms with Crippen LogP contribution >= 0.6 is 32.9 Å². The first kappa shape index (κ1) is 49.8. The maximum Gasteiger partial charge on any atom is 0.411 e. The van der Waals surface area contributed by atoms with Gasteiger partial charge in [0.15, 0.2) is 0 Å². The van der Waals surface area contributed by atoms with Crippen LogP contribution in [0.3, 0.4) is 0 Å². The van der Waals surface area contributed by atoms with Gasteiger partial charge in [0.05, 0.1) is 26.7 Å². The molecule has 0 fully saturated rings. The second-order valence-electron chi connectivity index (χ2n) is 3.45. The Kier molecular flexibility index (Phi) is 117. The number of hydrogen-bond acceptors (Lipinski definition) is 4. The van der Waals surface area contributed by atoms with Gasteiger partial charge in [0.25, 0.3) is 0 Å². The molecule has 0 aliphatic rings. The number of hydrogen-bond donors (Lipinski definition) is 0. The molecule has 0 radical (unpaired) electrons. The maximum absolute atomic E-state index is 11.4. The number of rotatable bonds is 4. The number of nitrogens with zero attached hydrogens (tertiary/aromatic N) is 4. The van der Waals surface area contributed by atoms with Crippen molar-refractivity contribution in [2.24, 2.45) is 0 Å². The van der Waals surface area contributed by atoms with Gasteiger partial charge in [-0.1, -0.05) is 0 Å². The third-order valence-corrected chi connectivity index (χ3v) is 8.77. The molecule has 0 bridgehead atoms. The van der Waals surface area contributed by atoms with Crippen molar-refractivity contribution in [3.8, 4) is 0 Å². The first-order chi connectivity index (χ1) is 10.3. The van der Waals surface area contributed by atoms with E-state index in [9.17, 15) is 16.8 Å². The molecule has 0 unspecified atom stereocenters. The summed E-state index contributed by atoms with van der Waals surface area (Å²) < 4.78 is 45.7. The fourth-order valence-electron chi connectivity index (χ4n) is 0.535. The minimum Gasteiger partial charge on any atom is -0.512 e. The van der Waals surface area contributed by atoms with Gasteiger partial charge in [0.1, 0.15) is 0 Å². The van der Waals surface area contributed by atoms with Crippen LogP contribution in [0, 0.1) is 47.3 Å². The second-order valence-corrected chi connectivity index (χ2v) is 12.5. The van der Waals surface area contributed by atoms with Crippen LogP contribution in [0.2, 0.25) is 0 Å². The van der Waals surface area contributed by atoms with E-state index in [1.165, 1.54) is 0 Å². The van der Waals surface area contributed by atoms with Gasteiger partial charge in [-0.3, -0.25) is 0 Å². The molecule has 0 aromatic carbocycles. The van der Waals surface area contributed by atoms with Crippen LogP contribution < -0.4 is 0 Å². The zero-order chi connectivity index (χ0) is 19.7. The van der Waals surface area contributed by atoms with E-state index in [1.54, 1.807) is 0 Å².